The van der Waals surface area contributed by atoms with E-state index in [9.17, 15) is 0 Å². The summed E-state index contributed by atoms with van der Waals surface area (Å²) in [6.07, 6.45) is 14.6. The van der Waals surface area contributed by atoms with Gasteiger partial charge in [-0.3, -0.25) is 0 Å². The standard InChI is InChI=1S/C17H36O2/c1-3-5-7-8-9-10-11-13-15-19-17-16-18-14-12-6-4-2/h3-17H2,1-2H3. The maximum atomic E-state index is 5.56. The first-order valence-corrected chi connectivity index (χ1v) is 8.57. The van der Waals surface area contributed by atoms with Crippen molar-refractivity contribution in [2.75, 3.05) is 26.4 Å². The molecule has 0 saturated carbocycles. The summed E-state index contributed by atoms with van der Waals surface area (Å²) in [6.45, 7) is 7.82. The maximum absolute atomic E-state index is 5.56. The van der Waals surface area contributed by atoms with Gasteiger partial charge in [-0.2, -0.15) is 0 Å². The van der Waals surface area contributed by atoms with Gasteiger partial charge in [-0.1, -0.05) is 71.6 Å². The normalized spacial score (nSPS) is 11.1. The second kappa shape index (κ2) is 17.9. The summed E-state index contributed by atoms with van der Waals surface area (Å²) in [5.74, 6) is 0. The van der Waals surface area contributed by atoms with Gasteiger partial charge in [0.2, 0.25) is 0 Å². The van der Waals surface area contributed by atoms with Crippen LogP contribution in [0.1, 0.15) is 84.5 Å². The van der Waals surface area contributed by atoms with Crippen molar-refractivity contribution in [1.29, 1.82) is 0 Å². The summed E-state index contributed by atoms with van der Waals surface area (Å²) in [5, 5.41) is 0. The van der Waals surface area contributed by atoms with Crippen molar-refractivity contribution in [2.45, 2.75) is 84.5 Å². The van der Waals surface area contributed by atoms with Crippen LogP contribution in [0.25, 0.3) is 0 Å². The fourth-order valence-corrected chi connectivity index (χ4v) is 2.11. The van der Waals surface area contributed by atoms with Crippen LogP contribution in [0.4, 0.5) is 0 Å². The highest BCUT2D eigenvalue weighted by Crippen LogP contribution is 2.08. The Bertz CT molecular complexity index is 132. The molecule has 0 aliphatic carbocycles. The Balaban J connectivity index is 2.88. The molecule has 2 nitrogen and oxygen atoms in total. The quantitative estimate of drug-likeness (QED) is 0.353. The highest BCUT2D eigenvalue weighted by atomic mass is 16.5. The molecule has 2 heteroatoms. The zero-order valence-electron chi connectivity index (χ0n) is 13.4. The van der Waals surface area contributed by atoms with Gasteiger partial charge in [-0.15, -0.1) is 0 Å². The fourth-order valence-electron chi connectivity index (χ4n) is 2.11. The first kappa shape index (κ1) is 18.9. The van der Waals surface area contributed by atoms with E-state index in [0.29, 0.717) is 0 Å². The van der Waals surface area contributed by atoms with Crippen molar-refractivity contribution in [3.8, 4) is 0 Å². The summed E-state index contributed by atoms with van der Waals surface area (Å²) >= 11 is 0. The van der Waals surface area contributed by atoms with Crippen molar-refractivity contribution in [3.05, 3.63) is 0 Å². The predicted octanol–water partition coefficient (Wildman–Crippen LogP) is 5.35. The van der Waals surface area contributed by atoms with Gasteiger partial charge >= 0.3 is 0 Å². The minimum absolute atomic E-state index is 0.765. The summed E-state index contributed by atoms with van der Waals surface area (Å²) in [7, 11) is 0. The maximum Gasteiger partial charge on any atom is 0.0700 e. The molecule has 0 unspecified atom stereocenters. The number of hydrogen-bond donors (Lipinski definition) is 0. The molecule has 0 atom stereocenters. The van der Waals surface area contributed by atoms with E-state index in [0.717, 1.165) is 26.4 Å². The molecule has 116 valence electrons. The van der Waals surface area contributed by atoms with Crippen LogP contribution >= 0.6 is 0 Å². The van der Waals surface area contributed by atoms with E-state index < -0.39 is 0 Å². The van der Waals surface area contributed by atoms with E-state index >= 15 is 0 Å². The van der Waals surface area contributed by atoms with E-state index in [1.54, 1.807) is 0 Å². The van der Waals surface area contributed by atoms with Crippen LogP contribution in [0.3, 0.4) is 0 Å². The van der Waals surface area contributed by atoms with Crippen molar-refractivity contribution in [1.82, 2.24) is 0 Å². The van der Waals surface area contributed by atoms with Crippen LogP contribution in [0.5, 0.6) is 0 Å². The zero-order chi connectivity index (χ0) is 14.0. The predicted molar refractivity (Wildman–Crippen MR) is 83.8 cm³/mol. The van der Waals surface area contributed by atoms with Gasteiger partial charge in [0, 0.05) is 13.2 Å². The SMILES string of the molecule is CCCCCCCCCCOCCOCCCCC. The molecule has 0 heterocycles. The monoisotopic (exact) mass is 272 g/mol. The number of rotatable bonds is 16. The molecule has 0 fully saturated rings. The molecule has 0 spiro atoms. The Morgan fingerprint density at radius 1 is 0.421 bits per heavy atom. The van der Waals surface area contributed by atoms with Crippen molar-refractivity contribution < 1.29 is 9.47 Å². The number of unbranched alkanes of at least 4 members (excludes halogenated alkanes) is 9. The van der Waals surface area contributed by atoms with Crippen molar-refractivity contribution >= 4 is 0 Å². The molecule has 0 aliphatic heterocycles. The largest absolute Gasteiger partial charge is 0.379 e. The van der Waals surface area contributed by atoms with Gasteiger partial charge in [0.05, 0.1) is 13.2 Å². The summed E-state index contributed by atoms with van der Waals surface area (Å²) in [5.41, 5.74) is 0. The second-order valence-corrected chi connectivity index (χ2v) is 5.41. The molecule has 19 heavy (non-hydrogen) atoms. The molecule has 0 N–H and O–H groups in total. The topological polar surface area (TPSA) is 18.5 Å². The molecule has 0 saturated heterocycles. The average Bonchev–Trinajstić information content (AvgIpc) is 2.43. The molecule has 0 aromatic heterocycles. The van der Waals surface area contributed by atoms with Crippen LogP contribution in [0.15, 0.2) is 0 Å². The Morgan fingerprint density at radius 3 is 1.32 bits per heavy atom. The van der Waals surface area contributed by atoms with Gasteiger partial charge in [0.1, 0.15) is 0 Å². The Kier molecular flexibility index (Phi) is 17.8. The fraction of sp³-hybridized carbons (Fsp3) is 1.00. The lowest BCUT2D eigenvalue weighted by Gasteiger charge is -2.05. The molecule has 0 rings (SSSR count). The minimum Gasteiger partial charge on any atom is -0.379 e. The molecule has 0 aromatic carbocycles. The van der Waals surface area contributed by atoms with Crippen LogP contribution in [0.2, 0.25) is 0 Å². The molecule has 0 amide bonds. The first-order chi connectivity index (χ1) is 9.41. The number of ether oxygens (including phenoxy) is 2. The van der Waals surface area contributed by atoms with Crippen molar-refractivity contribution in [2.24, 2.45) is 0 Å². The lowest BCUT2D eigenvalue weighted by Crippen LogP contribution is -2.06. The van der Waals surface area contributed by atoms with Gasteiger partial charge in [0.25, 0.3) is 0 Å². The number of hydrogen-bond acceptors (Lipinski definition) is 2. The Morgan fingerprint density at radius 2 is 0.789 bits per heavy atom. The third kappa shape index (κ3) is 17.9. The first-order valence-electron chi connectivity index (χ1n) is 8.57. The summed E-state index contributed by atoms with van der Waals surface area (Å²) in [4.78, 5) is 0. The zero-order valence-corrected chi connectivity index (χ0v) is 13.4. The molecular weight excluding hydrogens is 236 g/mol. The van der Waals surface area contributed by atoms with Crippen LogP contribution < -0.4 is 0 Å². The van der Waals surface area contributed by atoms with E-state index in [2.05, 4.69) is 13.8 Å². The molecule has 0 aliphatic rings. The van der Waals surface area contributed by atoms with Crippen LogP contribution in [0, 0.1) is 0 Å². The van der Waals surface area contributed by atoms with Crippen LogP contribution in [-0.4, -0.2) is 26.4 Å². The lowest BCUT2D eigenvalue weighted by molar-refractivity contribution is 0.0449. The Labute approximate surface area is 121 Å². The second-order valence-electron chi connectivity index (χ2n) is 5.41. The summed E-state index contributed by atoms with van der Waals surface area (Å²) in [6, 6.07) is 0. The van der Waals surface area contributed by atoms with Gasteiger partial charge in [0.15, 0.2) is 0 Å². The highest BCUT2D eigenvalue weighted by Gasteiger charge is 1.93. The van der Waals surface area contributed by atoms with Crippen molar-refractivity contribution in [3.63, 3.8) is 0 Å². The van der Waals surface area contributed by atoms with Crippen LogP contribution in [-0.2, 0) is 9.47 Å². The third-order valence-corrected chi connectivity index (χ3v) is 3.41. The molecule has 0 radical (unpaired) electrons. The van der Waals surface area contributed by atoms with E-state index in [-0.39, 0.29) is 0 Å². The Hall–Kier alpha value is -0.0800. The lowest BCUT2D eigenvalue weighted by atomic mass is 10.1. The van der Waals surface area contributed by atoms with E-state index in [4.69, 9.17) is 9.47 Å². The summed E-state index contributed by atoms with van der Waals surface area (Å²) < 4.78 is 11.1. The van der Waals surface area contributed by atoms with Gasteiger partial charge in [-0.05, 0) is 12.8 Å². The molecule has 0 bridgehead atoms. The average molecular weight is 272 g/mol. The molecule has 0 aromatic rings. The third-order valence-electron chi connectivity index (χ3n) is 3.41. The highest BCUT2D eigenvalue weighted by molar-refractivity contribution is 4.46. The minimum atomic E-state index is 0.765. The molecular formula is C17H36O2. The van der Waals surface area contributed by atoms with E-state index in [1.165, 1.54) is 70.6 Å². The smallest absolute Gasteiger partial charge is 0.0700 e. The van der Waals surface area contributed by atoms with E-state index in [1.807, 2.05) is 0 Å². The van der Waals surface area contributed by atoms with Gasteiger partial charge < -0.3 is 9.47 Å². The van der Waals surface area contributed by atoms with Gasteiger partial charge in [-0.25, -0.2) is 0 Å².